The summed E-state index contributed by atoms with van der Waals surface area (Å²) in [6, 6.07) is 12.6. The number of rotatable bonds is 7. The summed E-state index contributed by atoms with van der Waals surface area (Å²) in [5, 5.41) is 12.4. The van der Waals surface area contributed by atoms with E-state index in [1.54, 1.807) is 12.1 Å². The predicted octanol–water partition coefficient (Wildman–Crippen LogP) is 6.69. The molecule has 5 rings (SSSR count). The van der Waals surface area contributed by atoms with Crippen molar-refractivity contribution in [2.24, 2.45) is 4.99 Å². The molecule has 0 spiro atoms. The number of fused-ring (bicyclic) bond motifs is 2. The van der Waals surface area contributed by atoms with Crippen LogP contribution in [0.5, 0.6) is 0 Å². The van der Waals surface area contributed by atoms with Gasteiger partial charge in [0.2, 0.25) is 0 Å². The number of carboxylic acids is 1. The molecule has 1 fully saturated rings. The minimum absolute atomic E-state index is 0.332. The fraction of sp³-hybridized carbons (Fsp3) is 0.375. The van der Waals surface area contributed by atoms with Crippen molar-refractivity contribution in [2.75, 3.05) is 24.5 Å². The van der Waals surface area contributed by atoms with E-state index < -0.39 is 14.0 Å². The summed E-state index contributed by atoms with van der Waals surface area (Å²) in [7, 11) is -2.02. The van der Waals surface area contributed by atoms with Crippen LogP contribution in [0.4, 0.5) is 5.69 Å². The zero-order valence-corrected chi connectivity index (χ0v) is 23.6. The molecule has 1 N–H and O–H groups in total. The molecule has 0 saturated carbocycles. The number of aliphatic imine (C=N–C) groups is 1. The third-order valence-corrected chi connectivity index (χ3v) is 11.7. The zero-order valence-electron chi connectivity index (χ0n) is 22.6. The molecule has 0 amide bonds. The third-order valence-electron chi connectivity index (χ3n) is 8.16. The summed E-state index contributed by atoms with van der Waals surface area (Å²) in [5.74, 6) is -0.887. The average Bonchev–Trinajstić information content (AvgIpc) is 3.43. The van der Waals surface area contributed by atoms with Crippen molar-refractivity contribution < 1.29 is 9.90 Å². The Morgan fingerprint density at radius 3 is 2.49 bits per heavy atom. The first-order chi connectivity index (χ1) is 17.8. The molecule has 0 bridgehead atoms. The largest absolute Gasteiger partial charge is 0.478 e. The van der Waals surface area contributed by atoms with E-state index in [1.807, 2.05) is 13.0 Å². The Bertz CT molecular complexity index is 1360. The number of hydrogen-bond acceptors (Lipinski definition) is 3. The van der Waals surface area contributed by atoms with Gasteiger partial charge in [0.15, 0.2) is 0 Å². The van der Waals surface area contributed by atoms with Crippen molar-refractivity contribution in [2.45, 2.75) is 59.0 Å². The van der Waals surface area contributed by atoms with Crippen molar-refractivity contribution in [1.29, 1.82) is 0 Å². The lowest BCUT2D eigenvalue weighted by molar-refractivity contribution is 0.0696. The third kappa shape index (κ3) is 4.77. The standard InChI is InChI=1S/C32H38N2O2Si/c1-5-6-7-16-33-24-11-14-27-29(20-24)37(3,4)30-21-25(34-17-8-9-18-34)12-15-28(30)31(27)26-13-10-23(32(35)36)19-22(26)2/h10-15,19-21H,5-9,16-18H2,1-4H3,(H,35,36). The van der Waals surface area contributed by atoms with Gasteiger partial charge in [0.25, 0.3) is 0 Å². The van der Waals surface area contributed by atoms with Crippen molar-refractivity contribution >= 4 is 36.2 Å². The number of anilines is 1. The average molecular weight is 511 g/mol. The van der Waals surface area contributed by atoms with Crippen LogP contribution in [0.2, 0.25) is 13.1 Å². The van der Waals surface area contributed by atoms with E-state index in [-0.39, 0.29) is 0 Å². The number of unbranched alkanes of at least 4 members (excludes halogenated alkanes) is 2. The lowest BCUT2D eigenvalue weighted by Crippen LogP contribution is -2.49. The van der Waals surface area contributed by atoms with Crippen molar-refractivity contribution in [3.63, 3.8) is 0 Å². The summed E-state index contributed by atoms with van der Waals surface area (Å²) < 4.78 is 0. The summed E-state index contributed by atoms with van der Waals surface area (Å²) in [4.78, 5) is 19.1. The molecule has 0 atom stereocenters. The molecule has 2 aliphatic heterocycles. The summed E-state index contributed by atoms with van der Waals surface area (Å²) in [5.41, 5.74) is 8.63. The Morgan fingerprint density at radius 1 is 1.03 bits per heavy atom. The maximum Gasteiger partial charge on any atom is 0.335 e. The van der Waals surface area contributed by atoms with Gasteiger partial charge < -0.3 is 10.0 Å². The minimum atomic E-state index is -2.02. The molecule has 192 valence electrons. The van der Waals surface area contributed by atoms with E-state index in [0.717, 1.165) is 42.9 Å². The van der Waals surface area contributed by atoms with Gasteiger partial charge in [0.1, 0.15) is 8.07 Å². The van der Waals surface area contributed by atoms with Gasteiger partial charge in [-0.15, -0.1) is 0 Å². The number of aromatic carboxylic acids is 1. The molecule has 3 aliphatic rings. The number of benzene rings is 2. The number of carboxylic acid groups (broad SMARTS) is 1. The van der Waals surface area contributed by atoms with Gasteiger partial charge >= 0.3 is 5.97 Å². The summed E-state index contributed by atoms with van der Waals surface area (Å²) in [6.45, 7) is 12.3. The highest BCUT2D eigenvalue weighted by molar-refractivity contribution is 6.98. The second-order valence-corrected chi connectivity index (χ2v) is 15.4. The van der Waals surface area contributed by atoms with E-state index in [2.05, 4.69) is 61.3 Å². The van der Waals surface area contributed by atoms with Crippen molar-refractivity contribution in [3.8, 4) is 0 Å². The Morgan fingerprint density at radius 2 is 1.78 bits per heavy atom. The van der Waals surface area contributed by atoms with Crippen LogP contribution >= 0.6 is 0 Å². The van der Waals surface area contributed by atoms with Gasteiger partial charge in [-0.05, 0) is 101 Å². The van der Waals surface area contributed by atoms with Crippen LogP contribution in [0.3, 0.4) is 0 Å². The van der Waals surface area contributed by atoms with E-state index in [9.17, 15) is 9.90 Å². The zero-order chi connectivity index (χ0) is 26.2. The molecular weight excluding hydrogens is 472 g/mol. The highest BCUT2D eigenvalue weighted by Crippen LogP contribution is 2.43. The van der Waals surface area contributed by atoms with Gasteiger partial charge in [0, 0.05) is 25.3 Å². The molecule has 0 radical (unpaired) electrons. The smallest absolute Gasteiger partial charge is 0.335 e. The number of aryl methyl sites for hydroxylation is 1. The number of carbonyl (C=O) groups is 1. The van der Waals surface area contributed by atoms with E-state index >= 15 is 0 Å². The molecule has 2 aromatic carbocycles. The minimum Gasteiger partial charge on any atom is -0.478 e. The molecule has 2 aromatic rings. The van der Waals surface area contributed by atoms with Crippen LogP contribution in [-0.4, -0.2) is 44.5 Å². The monoisotopic (exact) mass is 510 g/mol. The Kier molecular flexibility index (Phi) is 7.08. The number of hydrogen-bond donors (Lipinski definition) is 1. The lowest BCUT2D eigenvalue weighted by atomic mass is 9.87. The summed E-state index contributed by atoms with van der Waals surface area (Å²) >= 11 is 0. The molecule has 5 heteroatoms. The van der Waals surface area contributed by atoms with Gasteiger partial charge in [-0.2, -0.15) is 0 Å². The quantitative estimate of drug-likeness (QED) is 0.333. The van der Waals surface area contributed by atoms with Gasteiger partial charge in [-0.3, -0.25) is 4.99 Å². The van der Waals surface area contributed by atoms with Crippen molar-refractivity contribution in [3.05, 3.63) is 87.6 Å². The molecule has 2 heterocycles. The van der Waals surface area contributed by atoms with E-state index in [1.165, 1.54) is 58.5 Å². The lowest BCUT2D eigenvalue weighted by Gasteiger charge is -2.39. The second-order valence-electron chi connectivity index (χ2n) is 11.1. The van der Waals surface area contributed by atoms with Gasteiger partial charge in [-0.25, -0.2) is 4.79 Å². The van der Waals surface area contributed by atoms with Crippen LogP contribution in [0.1, 0.15) is 66.1 Å². The molecular formula is C32H38N2O2Si. The van der Waals surface area contributed by atoms with Crippen LogP contribution < -0.4 is 10.1 Å². The Balaban J connectivity index is 1.69. The molecule has 0 aromatic heterocycles. The predicted molar refractivity (Wildman–Crippen MR) is 158 cm³/mol. The topological polar surface area (TPSA) is 52.9 Å². The maximum absolute atomic E-state index is 11.6. The highest BCUT2D eigenvalue weighted by Gasteiger charge is 2.40. The Hall–Kier alpha value is -3.18. The van der Waals surface area contributed by atoms with Crippen LogP contribution in [0, 0.1) is 6.92 Å². The van der Waals surface area contributed by atoms with Gasteiger partial charge in [0.05, 0.1) is 11.3 Å². The molecule has 0 unspecified atom stereocenters. The van der Waals surface area contributed by atoms with Crippen LogP contribution in [0.25, 0.3) is 5.57 Å². The fourth-order valence-corrected chi connectivity index (χ4v) is 9.10. The van der Waals surface area contributed by atoms with E-state index in [0.29, 0.717) is 5.56 Å². The first-order valence-electron chi connectivity index (χ1n) is 13.7. The molecule has 37 heavy (non-hydrogen) atoms. The van der Waals surface area contributed by atoms with Gasteiger partial charge in [-0.1, -0.05) is 51.1 Å². The molecule has 1 saturated heterocycles. The first kappa shape index (κ1) is 25.5. The Labute approximate surface area is 222 Å². The summed E-state index contributed by atoms with van der Waals surface area (Å²) in [6.07, 6.45) is 12.8. The maximum atomic E-state index is 11.6. The van der Waals surface area contributed by atoms with Crippen LogP contribution in [-0.2, 0) is 0 Å². The normalized spacial score (nSPS) is 19.2. The number of allylic oxidation sites excluding steroid dienone is 5. The second kappa shape index (κ2) is 10.3. The van der Waals surface area contributed by atoms with E-state index in [4.69, 9.17) is 4.99 Å². The fourth-order valence-electron chi connectivity index (χ4n) is 6.03. The van der Waals surface area contributed by atoms with Crippen LogP contribution in [0.15, 0.2) is 70.4 Å². The SMILES string of the molecule is CCCCCN=C1C=CC2=C(c3ccc(C(=O)O)cc3C)c3ccc(N4CCCC4)cc3[Si](C)(C)C2=C1. The molecule has 4 nitrogen and oxygen atoms in total. The highest BCUT2D eigenvalue weighted by atomic mass is 28.3. The first-order valence-corrected chi connectivity index (χ1v) is 16.7. The molecule has 1 aliphatic carbocycles. The number of nitrogens with zero attached hydrogens (tertiary/aromatic N) is 2. The van der Waals surface area contributed by atoms with Crippen molar-refractivity contribution in [1.82, 2.24) is 0 Å².